The highest BCUT2D eigenvalue weighted by Crippen LogP contribution is 2.42. The summed E-state index contributed by atoms with van der Waals surface area (Å²) in [6.45, 7) is 1.93. The van der Waals surface area contributed by atoms with Gasteiger partial charge in [0.25, 0.3) is 5.91 Å². The first-order valence-corrected chi connectivity index (χ1v) is 15.2. The van der Waals surface area contributed by atoms with E-state index in [2.05, 4.69) is 12.2 Å². The van der Waals surface area contributed by atoms with Gasteiger partial charge in [0.15, 0.2) is 6.61 Å². The molecule has 0 heterocycles. The van der Waals surface area contributed by atoms with Crippen molar-refractivity contribution in [1.29, 1.82) is 0 Å². The first kappa shape index (κ1) is 34.0. The van der Waals surface area contributed by atoms with Crippen LogP contribution in [0.2, 0.25) is 5.02 Å². The van der Waals surface area contributed by atoms with Gasteiger partial charge in [0, 0.05) is 28.3 Å². The first-order valence-electron chi connectivity index (χ1n) is 14.8. The monoisotopic (exact) mass is 617 g/mol. The molecular formula is C34H39ClF3NO4. The zero-order valence-corrected chi connectivity index (χ0v) is 25.2. The molecule has 0 spiro atoms. The second-order valence-corrected chi connectivity index (χ2v) is 11.0. The van der Waals surface area contributed by atoms with Crippen molar-refractivity contribution in [3.63, 3.8) is 0 Å². The van der Waals surface area contributed by atoms with Crippen molar-refractivity contribution in [1.82, 2.24) is 5.32 Å². The van der Waals surface area contributed by atoms with Crippen molar-refractivity contribution < 1.29 is 32.6 Å². The van der Waals surface area contributed by atoms with Crippen molar-refractivity contribution >= 4 is 23.5 Å². The summed E-state index contributed by atoms with van der Waals surface area (Å²) in [4.78, 5) is 24.7. The van der Waals surface area contributed by atoms with Crippen LogP contribution in [0, 0.1) is 0 Å². The van der Waals surface area contributed by atoms with E-state index in [4.69, 9.17) is 16.3 Å². The van der Waals surface area contributed by atoms with Gasteiger partial charge in [-0.05, 0) is 53.9 Å². The van der Waals surface area contributed by atoms with Crippen LogP contribution in [0.3, 0.4) is 0 Å². The minimum atomic E-state index is -4.60. The summed E-state index contributed by atoms with van der Waals surface area (Å²) in [5.41, 5.74) is 0.469. The van der Waals surface area contributed by atoms with Crippen LogP contribution in [-0.4, -0.2) is 30.1 Å². The number of nitrogens with one attached hydrogen (secondary N) is 1. The molecule has 0 saturated heterocycles. The molecule has 1 amide bonds. The van der Waals surface area contributed by atoms with Gasteiger partial charge in [-0.1, -0.05) is 101 Å². The molecule has 5 nitrogen and oxygen atoms in total. The number of hydrogen-bond donors (Lipinski definition) is 2. The standard InChI is InChI=1S/C34H39ClF3NO4/c1-2-3-4-5-6-7-8-9-10-11-18-39-33(42)26-21-29(24-14-12-16-27(19-24)34(36,37)38)32(43-23-31(40)41)30(22-26)25-15-13-17-28(35)20-25/h12-17,19-22H,2-11,18,23H2,1H3,(H,39,42)(H,40,41). The highest BCUT2D eigenvalue weighted by atomic mass is 35.5. The number of amides is 1. The molecular weight excluding hydrogens is 579 g/mol. The Kier molecular flexibility index (Phi) is 13.4. The largest absolute Gasteiger partial charge is 0.481 e. The normalized spacial score (nSPS) is 11.4. The fraction of sp³-hybridized carbons (Fsp3) is 0.412. The highest BCUT2D eigenvalue weighted by Gasteiger charge is 2.31. The summed E-state index contributed by atoms with van der Waals surface area (Å²) in [6.07, 6.45) is 7.04. The maximum absolute atomic E-state index is 13.6. The van der Waals surface area contributed by atoms with Gasteiger partial charge in [0.2, 0.25) is 0 Å². The van der Waals surface area contributed by atoms with Crippen LogP contribution >= 0.6 is 11.6 Å². The van der Waals surface area contributed by atoms with Crippen LogP contribution in [0.15, 0.2) is 60.7 Å². The van der Waals surface area contributed by atoms with Crippen LogP contribution in [0.4, 0.5) is 13.2 Å². The Balaban J connectivity index is 1.86. The first-order chi connectivity index (χ1) is 20.6. The Morgan fingerprint density at radius 1 is 0.814 bits per heavy atom. The molecule has 43 heavy (non-hydrogen) atoms. The SMILES string of the molecule is CCCCCCCCCCCCNC(=O)c1cc(-c2cccc(Cl)c2)c(OCC(=O)O)c(-c2cccc(C(F)(F)F)c2)c1. The smallest absolute Gasteiger partial charge is 0.416 e. The van der Waals surface area contributed by atoms with E-state index in [1.54, 1.807) is 30.3 Å². The Hall–Kier alpha value is -3.52. The van der Waals surface area contributed by atoms with E-state index in [9.17, 15) is 27.9 Å². The van der Waals surface area contributed by atoms with Gasteiger partial charge in [-0.3, -0.25) is 4.79 Å². The lowest BCUT2D eigenvalue weighted by Crippen LogP contribution is -2.24. The number of rotatable bonds is 17. The number of ether oxygens (including phenoxy) is 1. The third kappa shape index (κ3) is 10.9. The topological polar surface area (TPSA) is 75.6 Å². The van der Waals surface area contributed by atoms with Crippen LogP contribution in [0.5, 0.6) is 5.75 Å². The molecule has 0 aliphatic carbocycles. The molecule has 3 aromatic rings. The van der Waals surface area contributed by atoms with Crippen molar-refractivity contribution in [2.45, 2.75) is 77.3 Å². The van der Waals surface area contributed by atoms with E-state index in [0.717, 1.165) is 31.4 Å². The maximum Gasteiger partial charge on any atom is 0.416 e. The fourth-order valence-corrected chi connectivity index (χ4v) is 5.10. The Morgan fingerprint density at radius 2 is 1.37 bits per heavy atom. The molecule has 9 heteroatoms. The van der Waals surface area contributed by atoms with Gasteiger partial charge in [-0.25, -0.2) is 4.79 Å². The second kappa shape index (κ2) is 16.9. The summed E-state index contributed by atoms with van der Waals surface area (Å²) >= 11 is 6.22. The van der Waals surface area contributed by atoms with Crippen molar-refractivity contribution in [3.05, 3.63) is 76.8 Å². The van der Waals surface area contributed by atoms with E-state index in [0.29, 0.717) is 22.7 Å². The number of carbonyl (C=O) groups is 2. The van der Waals surface area contributed by atoms with Crippen LogP contribution in [-0.2, 0) is 11.0 Å². The minimum absolute atomic E-state index is 0.0373. The highest BCUT2D eigenvalue weighted by molar-refractivity contribution is 6.30. The Bertz CT molecular complexity index is 1360. The lowest BCUT2D eigenvalue weighted by Gasteiger charge is -2.19. The van der Waals surface area contributed by atoms with Gasteiger partial charge >= 0.3 is 12.1 Å². The third-order valence-corrected chi connectivity index (χ3v) is 7.38. The molecule has 0 aliphatic heterocycles. The van der Waals surface area contributed by atoms with Crippen LogP contribution in [0.1, 0.15) is 87.1 Å². The van der Waals surface area contributed by atoms with Gasteiger partial charge < -0.3 is 15.2 Å². The quantitative estimate of drug-likeness (QED) is 0.148. The summed E-state index contributed by atoms with van der Waals surface area (Å²) in [7, 11) is 0. The zero-order chi connectivity index (χ0) is 31.2. The fourth-order valence-electron chi connectivity index (χ4n) is 4.91. The number of halogens is 4. The summed E-state index contributed by atoms with van der Waals surface area (Å²) < 4.78 is 46.4. The summed E-state index contributed by atoms with van der Waals surface area (Å²) in [5.74, 6) is -1.61. The summed E-state index contributed by atoms with van der Waals surface area (Å²) in [6, 6.07) is 14.3. The molecule has 0 bridgehead atoms. The molecule has 0 unspecified atom stereocenters. The number of carbonyl (C=O) groups excluding carboxylic acids is 1. The molecule has 232 valence electrons. The molecule has 0 fully saturated rings. The predicted molar refractivity (Wildman–Crippen MR) is 165 cm³/mol. The van der Waals surface area contributed by atoms with Crippen molar-refractivity contribution in [2.75, 3.05) is 13.2 Å². The zero-order valence-electron chi connectivity index (χ0n) is 24.4. The average molecular weight is 618 g/mol. The molecule has 3 rings (SSSR count). The molecule has 0 saturated carbocycles. The van der Waals surface area contributed by atoms with E-state index in [-0.39, 0.29) is 22.4 Å². The Labute approximate surface area is 256 Å². The van der Waals surface area contributed by atoms with Crippen molar-refractivity contribution in [3.8, 4) is 28.0 Å². The molecule has 3 aromatic carbocycles. The van der Waals surface area contributed by atoms with Gasteiger partial charge in [0.1, 0.15) is 5.75 Å². The lowest BCUT2D eigenvalue weighted by molar-refractivity contribution is -0.139. The van der Waals surface area contributed by atoms with E-state index in [1.165, 1.54) is 63.1 Å². The number of aliphatic carboxylic acids is 1. The van der Waals surface area contributed by atoms with E-state index in [1.807, 2.05) is 0 Å². The maximum atomic E-state index is 13.6. The minimum Gasteiger partial charge on any atom is -0.481 e. The molecule has 2 N–H and O–H groups in total. The van der Waals surface area contributed by atoms with Gasteiger partial charge in [-0.2, -0.15) is 13.2 Å². The summed E-state index contributed by atoms with van der Waals surface area (Å²) in [5, 5.41) is 12.6. The number of alkyl halides is 3. The lowest BCUT2D eigenvalue weighted by atomic mass is 9.93. The predicted octanol–water partition coefficient (Wildman–Crippen LogP) is 9.81. The molecule has 0 aromatic heterocycles. The molecule has 0 atom stereocenters. The molecule has 0 radical (unpaired) electrons. The number of benzene rings is 3. The van der Waals surface area contributed by atoms with Gasteiger partial charge in [-0.15, -0.1) is 0 Å². The van der Waals surface area contributed by atoms with Crippen LogP contribution in [0.25, 0.3) is 22.3 Å². The average Bonchev–Trinajstić information content (AvgIpc) is 2.98. The third-order valence-electron chi connectivity index (χ3n) is 7.14. The second-order valence-electron chi connectivity index (χ2n) is 10.6. The number of hydrogen-bond acceptors (Lipinski definition) is 3. The van der Waals surface area contributed by atoms with Crippen molar-refractivity contribution in [2.24, 2.45) is 0 Å². The van der Waals surface area contributed by atoms with E-state index < -0.39 is 30.2 Å². The molecule has 0 aliphatic rings. The Morgan fingerprint density at radius 3 is 1.93 bits per heavy atom. The number of carboxylic acid groups (broad SMARTS) is 1. The van der Waals surface area contributed by atoms with Crippen LogP contribution < -0.4 is 10.1 Å². The van der Waals surface area contributed by atoms with Gasteiger partial charge in [0.05, 0.1) is 5.56 Å². The number of carboxylic acids is 1. The van der Waals surface area contributed by atoms with E-state index >= 15 is 0 Å². The number of unbranched alkanes of at least 4 members (excludes halogenated alkanes) is 9.